The van der Waals surface area contributed by atoms with Gasteiger partial charge in [0.25, 0.3) is 0 Å². The zero-order chi connectivity index (χ0) is 23.3. The number of rotatable bonds is 8. The highest BCUT2D eigenvalue weighted by molar-refractivity contribution is 7.89. The molecule has 168 valence electrons. The number of hydrogen-bond acceptors (Lipinski definition) is 5. The number of benzene rings is 3. The van der Waals surface area contributed by atoms with Crippen LogP contribution in [-0.4, -0.2) is 37.3 Å². The normalized spacial score (nSPS) is 11.5. The zero-order valence-electron chi connectivity index (χ0n) is 18.0. The minimum absolute atomic E-state index is 0.0180. The van der Waals surface area contributed by atoms with E-state index in [1.807, 2.05) is 36.4 Å². The molecule has 3 aromatic carbocycles. The third kappa shape index (κ3) is 5.19. The molecule has 0 atom stereocenters. The van der Waals surface area contributed by atoms with Crippen LogP contribution in [0.4, 0.5) is 5.69 Å². The lowest BCUT2D eigenvalue weighted by Gasteiger charge is -2.22. The Labute approximate surface area is 192 Å². The van der Waals surface area contributed by atoms with Gasteiger partial charge in [0, 0.05) is 30.0 Å². The van der Waals surface area contributed by atoms with Gasteiger partial charge in [0.05, 0.1) is 13.7 Å². The third-order valence-electron chi connectivity index (χ3n) is 5.17. The number of carbonyl (C=O) groups excluding carboxylic acids is 1. The first-order valence-electron chi connectivity index (χ1n) is 10.3. The lowest BCUT2D eigenvalue weighted by molar-refractivity contribution is -0.116. The van der Waals surface area contributed by atoms with Gasteiger partial charge in [0.1, 0.15) is 10.6 Å². The van der Waals surface area contributed by atoms with Gasteiger partial charge in [-0.15, -0.1) is 0 Å². The molecule has 0 aliphatic heterocycles. The molecule has 0 saturated heterocycles. The first-order chi connectivity index (χ1) is 16.0. The molecule has 0 aliphatic carbocycles. The highest BCUT2D eigenvalue weighted by atomic mass is 32.2. The van der Waals surface area contributed by atoms with Crippen molar-refractivity contribution >= 4 is 32.4 Å². The Bertz CT molecular complexity index is 1350. The number of fused-ring (bicyclic) bond motifs is 1. The van der Waals surface area contributed by atoms with Gasteiger partial charge >= 0.3 is 0 Å². The maximum atomic E-state index is 13.3. The van der Waals surface area contributed by atoms with E-state index in [1.54, 1.807) is 43.5 Å². The maximum Gasteiger partial charge on any atom is 0.245 e. The Balaban J connectivity index is 1.61. The van der Waals surface area contributed by atoms with Crippen molar-refractivity contribution in [1.82, 2.24) is 9.29 Å². The first kappa shape index (κ1) is 22.4. The van der Waals surface area contributed by atoms with Gasteiger partial charge in [0.15, 0.2) is 0 Å². The van der Waals surface area contributed by atoms with E-state index in [0.29, 0.717) is 11.4 Å². The van der Waals surface area contributed by atoms with Gasteiger partial charge in [-0.2, -0.15) is 4.31 Å². The van der Waals surface area contributed by atoms with E-state index in [9.17, 15) is 13.2 Å². The Hall–Kier alpha value is -3.75. The second kappa shape index (κ2) is 9.81. The zero-order valence-corrected chi connectivity index (χ0v) is 18.8. The second-order valence-corrected chi connectivity index (χ2v) is 9.32. The summed E-state index contributed by atoms with van der Waals surface area (Å²) < 4.78 is 33.0. The fourth-order valence-electron chi connectivity index (χ4n) is 3.49. The Morgan fingerprint density at radius 3 is 2.45 bits per heavy atom. The van der Waals surface area contributed by atoms with Crippen molar-refractivity contribution in [1.29, 1.82) is 0 Å². The number of sulfonamides is 1. The Kier molecular flexibility index (Phi) is 6.67. The molecule has 4 aromatic rings. The summed E-state index contributed by atoms with van der Waals surface area (Å²) >= 11 is 0. The molecular weight excluding hydrogens is 438 g/mol. The molecular formula is C25H23N3O4S. The van der Waals surface area contributed by atoms with Gasteiger partial charge in [-0.05, 0) is 41.3 Å². The quantitative estimate of drug-likeness (QED) is 0.427. The number of ether oxygens (including phenoxy) is 1. The smallest absolute Gasteiger partial charge is 0.245 e. The number of carbonyl (C=O) groups is 1. The van der Waals surface area contributed by atoms with Crippen molar-refractivity contribution < 1.29 is 17.9 Å². The number of methoxy groups -OCH3 is 1. The molecule has 0 unspecified atom stereocenters. The van der Waals surface area contributed by atoms with E-state index < -0.39 is 15.9 Å². The van der Waals surface area contributed by atoms with Crippen molar-refractivity contribution in [3.63, 3.8) is 0 Å². The lowest BCUT2D eigenvalue weighted by atomic mass is 10.1. The van der Waals surface area contributed by atoms with E-state index in [4.69, 9.17) is 4.74 Å². The summed E-state index contributed by atoms with van der Waals surface area (Å²) in [4.78, 5) is 16.9. The molecule has 1 amide bonds. The SMILES string of the molecule is COc1ccc(CN(CC(=O)Nc2cccc3ccccc23)S(=O)(=O)c2cccnc2)cc1. The molecule has 0 bridgehead atoms. The second-order valence-electron chi connectivity index (χ2n) is 7.38. The standard InChI is InChI=1S/C25H23N3O4S/c1-32-21-13-11-19(12-14-21)17-28(33(30,31)22-8-5-15-26-16-22)18-25(29)27-24-10-4-7-20-6-2-3-9-23(20)24/h2-16H,17-18H2,1H3,(H,27,29). The van der Waals surface area contributed by atoms with Crippen LogP contribution in [0.2, 0.25) is 0 Å². The van der Waals surface area contributed by atoms with Crippen LogP contribution < -0.4 is 10.1 Å². The highest BCUT2D eigenvalue weighted by Crippen LogP contribution is 2.24. The van der Waals surface area contributed by atoms with Crippen molar-refractivity contribution in [3.8, 4) is 5.75 Å². The molecule has 0 spiro atoms. The molecule has 0 aliphatic rings. The van der Waals surface area contributed by atoms with E-state index in [1.165, 1.54) is 18.5 Å². The predicted molar refractivity (Wildman–Crippen MR) is 127 cm³/mol. The van der Waals surface area contributed by atoms with Crippen LogP contribution in [0.5, 0.6) is 5.75 Å². The number of nitrogens with one attached hydrogen (secondary N) is 1. The van der Waals surface area contributed by atoms with E-state index in [2.05, 4.69) is 10.3 Å². The van der Waals surface area contributed by atoms with E-state index >= 15 is 0 Å². The number of aromatic nitrogens is 1. The summed E-state index contributed by atoms with van der Waals surface area (Å²) in [6.45, 7) is -0.337. The fourth-order valence-corrected chi connectivity index (χ4v) is 4.84. The Morgan fingerprint density at radius 2 is 1.73 bits per heavy atom. The minimum Gasteiger partial charge on any atom is -0.497 e. The molecule has 8 heteroatoms. The largest absolute Gasteiger partial charge is 0.497 e. The van der Waals surface area contributed by atoms with Crippen LogP contribution in [0.3, 0.4) is 0 Å². The van der Waals surface area contributed by atoms with Crippen molar-refractivity contribution in [2.75, 3.05) is 19.0 Å². The molecule has 0 fully saturated rings. The Morgan fingerprint density at radius 1 is 0.970 bits per heavy atom. The van der Waals surface area contributed by atoms with Gasteiger partial charge < -0.3 is 10.1 Å². The van der Waals surface area contributed by atoms with Gasteiger partial charge in [0.2, 0.25) is 15.9 Å². The number of anilines is 1. The summed E-state index contributed by atoms with van der Waals surface area (Å²) in [5.74, 6) is 0.224. The van der Waals surface area contributed by atoms with E-state index in [-0.39, 0.29) is 18.0 Å². The van der Waals surface area contributed by atoms with Crippen LogP contribution in [0.15, 0.2) is 96.2 Å². The number of nitrogens with zero attached hydrogens (tertiary/aromatic N) is 2. The molecule has 33 heavy (non-hydrogen) atoms. The van der Waals surface area contributed by atoms with Crippen molar-refractivity contribution in [2.45, 2.75) is 11.4 Å². The summed E-state index contributed by atoms with van der Waals surface area (Å²) in [6.07, 6.45) is 2.78. The van der Waals surface area contributed by atoms with Gasteiger partial charge in [-0.3, -0.25) is 9.78 Å². The first-order valence-corrected chi connectivity index (χ1v) is 11.7. The molecule has 1 aromatic heterocycles. The average Bonchev–Trinajstić information content (AvgIpc) is 2.85. The van der Waals surface area contributed by atoms with E-state index in [0.717, 1.165) is 20.6 Å². The number of amides is 1. The molecule has 7 nitrogen and oxygen atoms in total. The summed E-state index contributed by atoms with van der Waals surface area (Å²) in [5.41, 5.74) is 1.35. The maximum absolute atomic E-state index is 13.3. The monoisotopic (exact) mass is 461 g/mol. The van der Waals surface area contributed by atoms with Gasteiger partial charge in [-0.1, -0.05) is 48.5 Å². The summed E-state index contributed by atoms with van der Waals surface area (Å²) in [7, 11) is -2.40. The average molecular weight is 462 g/mol. The van der Waals surface area contributed by atoms with Crippen LogP contribution in [0, 0.1) is 0 Å². The summed E-state index contributed by atoms with van der Waals surface area (Å²) in [6, 6.07) is 23.3. The molecule has 4 rings (SSSR count). The van der Waals surface area contributed by atoms with Crippen molar-refractivity contribution in [3.05, 3.63) is 96.8 Å². The highest BCUT2D eigenvalue weighted by Gasteiger charge is 2.27. The number of hydrogen-bond donors (Lipinski definition) is 1. The molecule has 0 saturated carbocycles. The minimum atomic E-state index is -3.97. The predicted octanol–water partition coefficient (Wildman–Crippen LogP) is 4.07. The number of pyridine rings is 1. The van der Waals surface area contributed by atoms with Crippen LogP contribution in [-0.2, 0) is 21.4 Å². The summed E-state index contributed by atoms with van der Waals surface area (Å²) in [5, 5.41) is 4.72. The fraction of sp³-hybridized carbons (Fsp3) is 0.120. The van der Waals surface area contributed by atoms with Crippen LogP contribution in [0.25, 0.3) is 10.8 Å². The molecule has 1 heterocycles. The van der Waals surface area contributed by atoms with Crippen LogP contribution >= 0.6 is 0 Å². The molecule has 1 N–H and O–H groups in total. The van der Waals surface area contributed by atoms with Gasteiger partial charge in [-0.25, -0.2) is 8.42 Å². The van der Waals surface area contributed by atoms with Crippen LogP contribution in [0.1, 0.15) is 5.56 Å². The van der Waals surface area contributed by atoms with Crippen molar-refractivity contribution in [2.24, 2.45) is 0 Å². The third-order valence-corrected chi connectivity index (χ3v) is 6.95. The topological polar surface area (TPSA) is 88.6 Å². The molecule has 0 radical (unpaired) electrons. The lowest BCUT2D eigenvalue weighted by Crippen LogP contribution is -2.37.